The molecule has 0 saturated heterocycles. The maximum atomic E-state index is 13.0. The van der Waals surface area contributed by atoms with Crippen LogP contribution in [0.5, 0.6) is 5.75 Å². The SMILES string of the molecule is CC[S+](C)c1c([O-])c2cccnc2n(-c2cccc(Cl)c2)c1=O. The average Bonchev–Trinajstić information content (AvgIpc) is 2.55. The fraction of sp³-hybridized carbons (Fsp3) is 0.176. The first-order valence-corrected chi connectivity index (χ1v) is 9.31. The predicted molar refractivity (Wildman–Crippen MR) is 93.9 cm³/mol. The van der Waals surface area contributed by atoms with Crippen LogP contribution in [0.3, 0.4) is 0 Å². The normalized spacial score (nSPS) is 12.5. The Balaban J connectivity index is 2.48. The van der Waals surface area contributed by atoms with Gasteiger partial charge in [-0.15, -0.1) is 0 Å². The lowest BCUT2D eigenvalue weighted by Crippen LogP contribution is -2.28. The predicted octanol–water partition coefficient (Wildman–Crippen LogP) is 2.74. The highest BCUT2D eigenvalue weighted by molar-refractivity contribution is 7.96. The lowest BCUT2D eigenvalue weighted by Gasteiger charge is -2.18. The molecule has 0 amide bonds. The second-order valence-electron chi connectivity index (χ2n) is 5.08. The van der Waals surface area contributed by atoms with Gasteiger partial charge in [0.1, 0.15) is 17.7 Å². The van der Waals surface area contributed by atoms with E-state index in [1.165, 1.54) is 4.57 Å². The van der Waals surface area contributed by atoms with Gasteiger partial charge in [0.25, 0.3) is 0 Å². The topological polar surface area (TPSA) is 58.0 Å². The summed E-state index contributed by atoms with van der Waals surface area (Å²) >= 11 is 6.06. The van der Waals surface area contributed by atoms with E-state index in [0.29, 0.717) is 26.6 Å². The van der Waals surface area contributed by atoms with E-state index in [-0.39, 0.29) is 11.3 Å². The minimum absolute atomic E-state index is 0.218. The lowest BCUT2D eigenvalue weighted by atomic mass is 10.2. The second kappa shape index (κ2) is 6.26. The summed E-state index contributed by atoms with van der Waals surface area (Å²) in [6.07, 6.45) is 3.50. The highest BCUT2D eigenvalue weighted by atomic mass is 35.5. The van der Waals surface area contributed by atoms with Crippen LogP contribution in [0.1, 0.15) is 6.92 Å². The molecule has 0 saturated carbocycles. The van der Waals surface area contributed by atoms with E-state index < -0.39 is 10.9 Å². The van der Waals surface area contributed by atoms with Gasteiger partial charge in [-0.1, -0.05) is 23.7 Å². The van der Waals surface area contributed by atoms with Crippen LogP contribution in [-0.4, -0.2) is 21.6 Å². The molecule has 2 aromatic heterocycles. The monoisotopic (exact) mass is 346 g/mol. The van der Waals surface area contributed by atoms with Crippen LogP contribution in [0.25, 0.3) is 16.7 Å². The Hall–Kier alpha value is -1.98. The Bertz CT molecular complexity index is 940. The number of aromatic nitrogens is 2. The Kier molecular flexibility index (Phi) is 4.33. The highest BCUT2D eigenvalue weighted by Gasteiger charge is 2.24. The summed E-state index contributed by atoms with van der Waals surface area (Å²) in [5, 5.41) is 13.7. The van der Waals surface area contributed by atoms with Gasteiger partial charge in [0.2, 0.25) is 4.90 Å². The third kappa shape index (κ3) is 2.71. The quantitative estimate of drug-likeness (QED) is 0.685. The zero-order valence-electron chi connectivity index (χ0n) is 12.7. The number of benzene rings is 1. The third-order valence-electron chi connectivity index (χ3n) is 3.69. The number of fused-ring (bicyclic) bond motifs is 1. The maximum Gasteiger partial charge on any atom is 0.311 e. The van der Waals surface area contributed by atoms with Gasteiger partial charge >= 0.3 is 5.56 Å². The molecule has 4 nitrogen and oxygen atoms in total. The first-order chi connectivity index (χ1) is 11.0. The number of pyridine rings is 2. The van der Waals surface area contributed by atoms with Crippen LogP contribution >= 0.6 is 11.6 Å². The number of nitrogens with zero attached hydrogens (tertiary/aromatic N) is 2. The molecule has 2 heterocycles. The van der Waals surface area contributed by atoms with Crippen molar-refractivity contribution in [3.05, 3.63) is 58.0 Å². The van der Waals surface area contributed by atoms with E-state index in [4.69, 9.17) is 11.6 Å². The average molecular weight is 347 g/mol. The molecule has 1 unspecified atom stereocenters. The molecule has 0 aliphatic heterocycles. The van der Waals surface area contributed by atoms with Crippen molar-refractivity contribution in [2.24, 2.45) is 0 Å². The Morgan fingerprint density at radius 2 is 2.09 bits per heavy atom. The van der Waals surface area contributed by atoms with Crippen molar-refractivity contribution in [3.63, 3.8) is 0 Å². The van der Waals surface area contributed by atoms with Crippen LogP contribution in [0.2, 0.25) is 5.02 Å². The summed E-state index contributed by atoms with van der Waals surface area (Å²) in [7, 11) is -0.416. The fourth-order valence-electron chi connectivity index (χ4n) is 2.48. The van der Waals surface area contributed by atoms with Crippen LogP contribution in [-0.2, 0) is 10.9 Å². The van der Waals surface area contributed by atoms with Gasteiger partial charge in [-0.05, 0) is 36.9 Å². The Morgan fingerprint density at radius 1 is 1.30 bits per heavy atom. The smallest absolute Gasteiger partial charge is 0.311 e. The standard InChI is InChI=1S/C17H15ClN2O2S/c1-3-23(2)15-14(21)13-8-5-9-19-16(13)20(17(15)22)12-7-4-6-11(18)10-12/h4-10H,3H2,1-2H3. The van der Waals surface area contributed by atoms with Gasteiger partial charge in [-0.2, -0.15) is 0 Å². The molecule has 1 aromatic carbocycles. The molecular formula is C17H15ClN2O2S. The number of hydrogen-bond donors (Lipinski definition) is 0. The van der Waals surface area contributed by atoms with Crippen LogP contribution in [0, 0.1) is 0 Å². The lowest BCUT2D eigenvalue weighted by molar-refractivity contribution is -0.270. The molecule has 3 rings (SSSR count). The zero-order chi connectivity index (χ0) is 16.6. The zero-order valence-corrected chi connectivity index (χ0v) is 14.3. The van der Waals surface area contributed by atoms with E-state index in [1.807, 2.05) is 13.2 Å². The van der Waals surface area contributed by atoms with Crippen molar-refractivity contribution in [2.75, 3.05) is 12.0 Å². The van der Waals surface area contributed by atoms with Gasteiger partial charge in [-0.3, -0.25) is 9.36 Å². The van der Waals surface area contributed by atoms with Crippen molar-refractivity contribution in [3.8, 4) is 11.4 Å². The van der Waals surface area contributed by atoms with E-state index >= 15 is 0 Å². The highest BCUT2D eigenvalue weighted by Crippen LogP contribution is 2.28. The minimum Gasteiger partial charge on any atom is -0.868 e. The summed E-state index contributed by atoms with van der Waals surface area (Å²) in [6, 6.07) is 10.4. The van der Waals surface area contributed by atoms with Crippen molar-refractivity contribution >= 4 is 33.5 Å². The summed E-state index contributed by atoms with van der Waals surface area (Å²) in [4.78, 5) is 17.6. The van der Waals surface area contributed by atoms with Crippen LogP contribution < -0.4 is 10.7 Å². The summed E-state index contributed by atoms with van der Waals surface area (Å²) in [5.74, 6) is 0.523. The fourth-order valence-corrected chi connectivity index (χ4v) is 3.76. The third-order valence-corrected chi connectivity index (χ3v) is 5.85. The second-order valence-corrected chi connectivity index (χ2v) is 7.78. The Morgan fingerprint density at radius 3 is 2.78 bits per heavy atom. The molecule has 23 heavy (non-hydrogen) atoms. The molecule has 118 valence electrons. The molecule has 6 heteroatoms. The van der Waals surface area contributed by atoms with E-state index in [0.717, 1.165) is 5.75 Å². The number of hydrogen-bond acceptors (Lipinski definition) is 3. The van der Waals surface area contributed by atoms with Crippen LogP contribution in [0.15, 0.2) is 52.3 Å². The molecule has 3 aromatic rings. The van der Waals surface area contributed by atoms with Gasteiger partial charge in [-0.25, -0.2) is 4.98 Å². The minimum atomic E-state index is -0.416. The molecular weight excluding hydrogens is 332 g/mol. The van der Waals surface area contributed by atoms with Crippen molar-refractivity contribution in [1.82, 2.24) is 9.55 Å². The van der Waals surface area contributed by atoms with Gasteiger partial charge in [0.15, 0.2) is 0 Å². The van der Waals surface area contributed by atoms with Crippen LogP contribution in [0.4, 0.5) is 0 Å². The van der Waals surface area contributed by atoms with Gasteiger partial charge < -0.3 is 5.11 Å². The molecule has 0 aliphatic carbocycles. The maximum absolute atomic E-state index is 13.0. The number of halogens is 1. The molecule has 0 fully saturated rings. The summed E-state index contributed by atoms with van der Waals surface area (Å²) < 4.78 is 1.48. The first kappa shape index (κ1) is 15.9. The van der Waals surface area contributed by atoms with Gasteiger partial charge in [0.05, 0.1) is 5.69 Å². The van der Waals surface area contributed by atoms with E-state index in [9.17, 15) is 9.90 Å². The van der Waals surface area contributed by atoms with E-state index in [2.05, 4.69) is 4.98 Å². The summed E-state index contributed by atoms with van der Waals surface area (Å²) in [5.41, 5.74) is 0.665. The largest absolute Gasteiger partial charge is 0.868 e. The molecule has 0 bridgehead atoms. The Labute approximate surface area is 141 Å². The molecule has 1 atom stereocenters. The van der Waals surface area contributed by atoms with Crippen molar-refractivity contribution in [2.45, 2.75) is 11.8 Å². The van der Waals surface area contributed by atoms with Gasteiger partial charge in [0, 0.05) is 27.5 Å². The van der Waals surface area contributed by atoms with Crippen molar-refractivity contribution < 1.29 is 5.11 Å². The first-order valence-electron chi connectivity index (χ1n) is 7.13. The molecule has 0 N–H and O–H groups in total. The van der Waals surface area contributed by atoms with Crippen molar-refractivity contribution in [1.29, 1.82) is 0 Å². The number of rotatable bonds is 3. The summed E-state index contributed by atoms with van der Waals surface area (Å²) in [6.45, 7) is 1.97. The van der Waals surface area contributed by atoms with E-state index in [1.54, 1.807) is 42.6 Å². The molecule has 0 radical (unpaired) electrons. The molecule has 0 spiro atoms. The molecule has 0 aliphatic rings.